The van der Waals surface area contributed by atoms with Crippen LogP contribution in [0.25, 0.3) is 0 Å². The van der Waals surface area contributed by atoms with E-state index in [1.54, 1.807) is 0 Å². The van der Waals surface area contributed by atoms with E-state index in [9.17, 15) is 13.2 Å². The van der Waals surface area contributed by atoms with Gasteiger partial charge in [-0.15, -0.1) is 0 Å². The normalized spacial score (nSPS) is 15.3. The van der Waals surface area contributed by atoms with E-state index in [0.29, 0.717) is 19.4 Å². The van der Waals surface area contributed by atoms with Crippen LogP contribution >= 0.6 is 0 Å². The fourth-order valence-corrected chi connectivity index (χ4v) is 3.03. The van der Waals surface area contributed by atoms with Crippen LogP contribution in [0.3, 0.4) is 0 Å². The molecule has 0 saturated carbocycles. The largest absolute Gasteiger partial charge is 0.493 e. The van der Waals surface area contributed by atoms with Crippen LogP contribution in [-0.2, 0) is 27.5 Å². The first-order chi connectivity index (χ1) is 9.85. The van der Waals surface area contributed by atoms with Crippen molar-refractivity contribution >= 4 is 15.6 Å². The Morgan fingerprint density at radius 1 is 1.43 bits per heavy atom. The van der Waals surface area contributed by atoms with E-state index in [-0.39, 0.29) is 18.0 Å². The predicted molar refractivity (Wildman–Crippen MR) is 81.3 cm³/mol. The summed E-state index contributed by atoms with van der Waals surface area (Å²) in [5, 5.41) is 0. The number of nitrogens with two attached hydrogens (primary N) is 1. The summed E-state index contributed by atoms with van der Waals surface area (Å²) in [7, 11) is -3.07. The molecule has 6 heteroatoms. The molecule has 1 aliphatic rings. The molecule has 1 aromatic carbocycles. The summed E-state index contributed by atoms with van der Waals surface area (Å²) in [6.45, 7) is 0.716. The Morgan fingerprint density at radius 2 is 2.19 bits per heavy atom. The van der Waals surface area contributed by atoms with Gasteiger partial charge in [-0.25, -0.2) is 8.42 Å². The highest BCUT2D eigenvalue weighted by Crippen LogP contribution is 2.26. The highest BCUT2D eigenvalue weighted by atomic mass is 32.2. The van der Waals surface area contributed by atoms with Crippen molar-refractivity contribution in [3.63, 3.8) is 0 Å². The standard InChI is InChI=1S/C15H21NO4S/c1-21(18,19)9-7-13(16)14(17)4-2-11-3-5-15-12(10-11)6-8-20-15/h3,5,10,13H,2,4,6-9,16H2,1H3. The zero-order chi connectivity index (χ0) is 15.5. The van der Waals surface area contributed by atoms with Crippen LogP contribution in [0, 0.1) is 0 Å². The van der Waals surface area contributed by atoms with E-state index in [2.05, 4.69) is 6.07 Å². The molecule has 1 aromatic rings. The number of fused-ring (bicyclic) bond motifs is 1. The fraction of sp³-hybridized carbons (Fsp3) is 0.533. The van der Waals surface area contributed by atoms with Crippen molar-refractivity contribution < 1.29 is 17.9 Å². The van der Waals surface area contributed by atoms with Crippen LogP contribution in [0.15, 0.2) is 18.2 Å². The molecule has 2 rings (SSSR count). The summed E-state index contributed by atoms with van der Waals surface area (Å²) in [5.41, 5.74) is 8.01. The second-order valence-electron chi connectivity index (χ2n) is 5.53. The maximum absolute atomic E-state index is 11.9. The molecular weight excluding hydrogens is 290 g/mol. The van der Waals surface area contributed by atoms with Gasteiger partial charge in [-0.1, -0.05) is 12.1 Å². The Kier molecular flexibility index (Phi) is 5.00. The third-order valence-electron chi connectivity index (χ3n) is 3.63. The number of carbonyl (C=O) groups is 1. The van der Waals surface area contributed by atoms with Crippen molar-refractivity contribution in [3.05, 3.63) is 29.3 Å². The Labute approximate surface area is 125 Å². The van der Waals surface area contributed by atoms with Crippen LogP contribution in [0.1, 0.15) is 24.0 Å². The van der Waals surface area contributed by atoms with Gasteiger partial charge in [-0.3, -0.25) is 4.79 Å². The Balaban J connectivity index is 1.83. The molecule has 0 radical (unpaired) electrons. The van der Waals surface area contributed by atoms with Crippen molar-refractivity contribution in [1.29, 1.82) is 0 Å². The van der Waals surface area contributed by atoms with Gasteiger partial charge in [-0.05, 0) is 30.0 Å². The fourth-order valence-electron chi connectivity index (χ4n) is 2.35. The third-order valence-corrected chi connectivity index (χ3v) is 4.60. The van der Waals surface area contributed by atoms with Gasteiger partial charge in [0.25, 0.3) is 0 Å². The second kappa shape index (κ2) is 6.58. The summed E-state index contributed by atoms with van der Waals surface area (Å²) in [6.07, 6.45) is 3.21. The first-order valence-electron chi connectivity index (χ1n) is 7.06. The summed E-state index contributed by atoms with van der Waals surface area (Å²) in [4.78, 5) is 11.9. The van der Waals surface area contributed by atoms with Gasteiger partial charge < -0.3 is 10.5 Å². The molecule has 2 N–H and O–H groups in total. The Bertz CT molecular complexity index is 625. The molecular formula is C15H21NO4S. The van der Waals surface area contributed by atoms with Crippen molar-refractivity contribution in [2.45, 2.75) is 31.7 Å². The lowest BCUT2D eigenvalue weighted by molar-refractivity contribution is -0.120. The number of Topliss-reactive ketones (excluding diaryl/α,β-unsaturated/α-hetero) is 1. The quantitative estimate of drug-likeness (QED) is 0.808. The van der Waals surface area contributed by atoms with Crippen LogP contribution in [-0.4, -0.2) is 38.9 Å². The molecule has 1 unspecified atom stereocenters. The zero-order valence-electron chi connectivity index (χ0n) is 12.2. The Hall–Kier alpha value is -1.40. The van der Waals surface area contributed by atoms with Crippen molar-refractivity contribution in [3.8, 4) is 5.75 Å². The van der Waals surface area contributed by atoms with E-state index in [1.165, 1.54) is 5.56 Å². The summed E-state index contributed by atoms with van der Waals surface area (Å²) in [5.74, 6) is 0.793. The molecule has 1 aliphatic heterocycles. The minimum atomic E-state index is -3.07. The molecule has 0 amide bonds. The first-order valence-corrected chi connectivity index (χ1v) is 9.12. The lowest BCUT2D eigenvalue weighted by Gasteiger charge is -2.10. The van der Waals surface area contributed by atoms with E-state index in [4.69, 9.17) is 10.5 Å². The Morgan fingerprint density at radius 3 is 2.90 bits per heavy atom. The van der Waals surface area contributed by atoms with Crippen LogP contribution < -0.4 is 10.5 Å². The van der Waals surface area contributed by atoms with Crippen LogP contribution in [0.5, 0.6) is 5.75 Å². The number of aryl methyl sites for hydroxylation is 1. The number of benzene rings is 1. The summed E-state index contributed by atoms with van der Waals surface area (Å²) >= 11 is 0. The maximum Gasteiger partial charge on any atom is 0.149 e. The van der Waals surface area contributed by atoms with E-state index in [0.717, 1.165) is 24.0 Å². The number of ketones is 1. The van der Waals surface area contributed by atoms with Crippen molar-refractivity contribution in [2.24, 2.45) is 5.73 Å². The minimum absolute atomic E-state index is 0.0455. The average molecular weight is 311 g/mol. The van der Waals surface area contributed by atoms with Crippen molar-refractivity contribution in [2.75, 3.05) is 18.6 Å². The third kappa shape index (κ3) is 4.82. The first kappa shape index (κ1) is 16.0. The predicted octanol–water partition coefficient (Wildman–Crippen LogP) is 0.885. The molecule has 0 bridgehead atoms. The van der Waals surface area contributed by atoms with Crippen LogP contribution in [0.4, 0.5) is 0 Å². The van der Waals surface area contributed by atoms with Gasteiger partial charge in [0.2, 0.25) is 0 Å². The molecule has 0 fully saturated rings. The van der Waals surface area contributed by atoms with Gasteiger partial charge in [0.15, 0.2) is 0 Å². The van der Waals surface area contributed by atoms with E-state index >= 15 is 0 Å². The SMILES string of the molecule is CS(=O)(=O)CCC(N)C(=O)CCc1ccc2c(c1)CCO2. The maximum atomic E-state index is 11.9. The number of carbonyl (C=O) groups excluding carboxylic acids is 1. The van der Waals surface area contributed by atoms with E-state index < -0.39 is 15.9 Å². The van der Waals surface area contributed by atoms with Gasteiger partial charge in [0.1, 0.15) is 21.4 Å². The molecule has 5 nitrogen and oxygen atoms in total. The topological polar surface area (TPSA) is 86.5 Å². The summed E-state index contributed by atoms with van der Waals surface area (Å²) < 4.78 is 27.6. The van der Waals surface area contributed by atoms with Gasteiger partial charge in [-0.2, -0.15) is 0 Å². The molecule has 21 heavy (non-hydrogen) atoms. The molecule has 0 aliphatic carbocycles. The molecule has 116 valence electrons. The monoisotopic (exact) mass is 311 g/mol. The smallest absolute Gasteiger partial charge is 0.149 e. The highest BCUT2D eigenvalue weighted by molar-refractivity contribution is 7.90. The van der Waals surface area contributed by atoms with Crippen LogP contribution in [0.2, 0.25) is 0 Å². The number of sulfone groups is 1. The lowest BCUT2D eigenvalue weighted by atomic mass is 10.0. The van der Waals surface area contributed by atoms with Crippen molar-refractivity contribution in [1.82, 2.24) is 0 Å². The van der Waals surface area contributed by atoms with Gasteiger partial charge in [0, 0.05) is 19.1 Å². The lowest BCUT2D eigenvalue weighted by Crippen LogP contribution is -2.32. The zero-order valence-corrected chi connectivity index (χ0v) is 13.0. The second-order valence-corrected chi connectivity index (χ2v) is 7.79. The van der Waals surface area contributed by atoms with E-state index in [1.807, 2.05) is 12.1 Å². The average Bonchev–Trinajstić information content (AvgIpc) is 2.88. The van der Waals surface area contributed by atoms with Gasteiger partial charge in [0.05, 0.1) is 18.4 Å². The molecule has 0 aromatic heterocycles. The highest BCUT2D eigenvalue weighted by Gasteiger charge is 2.17. The van der Waals surface area contributed by atoms with Gasteiger partial charge >= 0.3 is 0 Å². The number of ether oxygens (including phenoxy) is 1. The summed E-state index contributed by atoms with van der Waals surface area (Å²) in [6, 6.07) is 5.26. The number of hydrogen-bond donors (Lipinski definition) is 1. The number of rotatable bonds is 7. The molecule has 0 spiro atoms. The molecule has 0 saturated heterocycles. The number of hydrogen-bond acceptors (Lipinski definition) is 5. The minimum Gasteiger partial charge on any atom is -0.493 e. The molecule has 1 heterocycles. The molecule has 1 atom stereocenters.